The quantitative estimate of drug-likeness (QED) is 0.422. The highest BCUT2D eigenvalue weighted by Crippen LogP contribution is 2.63. The van der Waals surface area contributed by atoms with E-state index in [0.29, 0.717) is 0 Å². The molecule has 0 unspecified atom stereocenters. The second kappa shape index (κ2) is 7.13. The predicted octanol–water partition coefficient (Wildman–Crippen LogP) is 2.47. The summed E-state index contributed by atoms with van der Waals surface area (Å²) in [5, 5.41) is 9.12. The zero-order chi connectivity index (χ0) is 14.4. The van der Waals surface area contributed by atoms with E-state index in [9.17, 15) is 18.1 Å². The number of nitrogens with zero attached hydrogens (tertiary/aromatic N) is 1. The molecule has 0 saturated heterocycles. The monoisotopic (exact) mass is 289 g/mol. The van der Waals surface area contributed by atoms with Gasteiger partial charge in [0.2, 0.25) is 5.91 Å². The van der Waals surface area contributed by atoms with Crippen LogP contribution in [-0.2, 0) is 18.4 Å². The summed E-state index contributed by atoms with van der Waals surface area (Å²) in [6.45, 7) is 2.80. The lowest BCUT2D eigenvalue weighted by molar-refractivity contribution is -0.165. The first-order chi connectivity index (χ1) is 8.20. The number of carbonyl (C=O) groups is 1. The van der Waals surface area contributed by atoms with Crippen molar-refractivity contribution in [3.63, 3.8) is 0 Å². The SMILES string of the molecule is CCOP(=O)(OCC)C(F)(F)CCN(O)C(C)=O. The van der Waals surface area contributed by atoms with Gasteiger partial charge in [-0.2, -0.15) is 8.78 Å². The fourth-order valence-corrected chi connectivity index (χ4v) is 2.61. The van der Waals surface area contributed by atoms with Gasteiger partial charge in [0.05, 0.1) is 19.8 Å². The van der Waals surface area contributed by atoms with Gasteiger partial charge in [-0.15, -0.1) is 0 Å². The van der Waals surface area contributed by atoms with Crippen molar-refractivity contribution in [1.82, 2.24) is 5.06 Å². The largest absolute Gasteiger partial charge is 0.399 e. The lowest BCUT2D eigenvalue weighted by atomic mass is 10.4. The number of hydrogen-bond acceptors (Lipinski definition) is 5. The Bertz CT molecular complexity index is 316. The van der Waals surface area contributed by atoms with Crippen LogP contribution in [0.25, 0.3) is 0 Å². The van der Waals surface area contributed by atoms with Gasteiger partial charge in [-0.3, -0.25) is 14.6 Å². The Labute approximate surface area is 104 Å². The van der Waals surface area contributed by atoms with Crippen LogP contribution in [0.3, 0.4) is 0 Å². The van der Waals surface area contributed by atoms with Gasteiger partial charge in [-0.1, -0.05) is 0 Å². The molecule has 0 heterocycles. The zero-order valence-corrected chi connectivity index (χ0v) is 11.5. The van der Waals surface area contributed by atoms with E-state index in [0.717, 1.165) is 6.92 Å². The number of amides is 1. The first kappa shape index (κ1) is 17.4. The summed E-state index contributed by atoms with van der Waals surface area (Å²) in [6.07, 6.45) is -1.01. The third-order valence-corrected chi connectivity index (χ3v) is 4.21. The minimum atomic E-state index is -4.59. The fourth-order valence-electron chi connectivity index (χ4n) is 1.10. The van der Waals surface area contributed by atoms with Crippen LogP contribution in [0.1, 0.15) is 27.2 Å². The van der Waals surface area contributed by atoms with E-state index in [-0.39, 0.29) is 18.3 Å². The summed E-state index contributed by atoms with van der Waals surface area (Å²) in [7, 11) is -4.59. The molecule has 0 aliphatic carbocycles. The Morgan fingerprint density at radius 2 is 1.78 bits per heavy atom. The highest BCUT2D eigenvalue weighted by molar-refractivity contribution is 7.55. The van der Waals surface area contributed by atoms with Crippen LogP contribution in [0, 0.1) is 0 Å². The molecule has 6 nitrogen and oxygen atoms in total. The average Bonchev–Trinajstić information content (AvgIpc) is 2.26. The Morgan fingerprint density at radius 3 is 2.11 bits per heavy atom. The molecule has 0 aliphatic rings. The highest BCUT2D eigenvalue weighted by atomic mass is 31.2. The topological polar surface area (TPSA) is 76.1 Å². The van der Waals surface area contributed by atoms with Crippen molar-refractivity contribution in [1.29, 1.82) is 0 Å². The van der Waals surface area contributed by atoms with E-state index in [1.54, 1.807) is 0 Å². The van der Waals surface area contributed by atoms with Gasteiger partial charge in [0.1, 0.15) is 0 Å². The number of halogens is 2. The van der Waals surface area contributed by atoms with E-state index < -0.39 is 32.1 Å². The molecule has 9 heteroatoms. The maximum atomic E-state index is 13.7. The molecule has 0 atom stereocenters. The van der Waals surface area contributed by atoms with E-state index in [2.05, 4.69) is 9.05 Å². The van der Waals surface area contributed by atoms with E-state index in [1.807, 2.05) is 0 Å². The summed E-state index contributed by atoms with van der Waals surface area (Å²) < 4.78 is 48.3. The van der Waals surface area contributed by atoms with Crippen molar-refractivity contribution in [2.75, 3.05) is 19.8 Å². The van der Waals surface area contributed by atoms with E-state index in [4.69, 9.17) is 5.21 Å². The first-order valence-electron chi connectivity index (χ1n) is 5.44. The number of carbonyl (C=O) groups excluding carboxylic acids is 1. The smallest absolute Gasteiger partial charge is 0.305 e. The van der Waals surface area contributed by atoms with E-state index in [1.165, 1.54) is 13.8 Å². The molecule has 1 N–H and O–H groups in total. The molecule has 0 radical (unpaired) electrons. The van der Waals surface area contributed by atoms with Crippen LogP contribution >= 0.6 is 7.60 Å². The average molecular weight is 289 g/mol. The lowest BCUT2D eigenvalue weighted by Crippen LogP contribution is -2.31. The van der Waals surface area contributed by atoms with Crippen LogP contribution < -0.4 is 0 Å². The molecule has 0 aliphatic heterocycles. The third kappa shape index (κ3) is 4.61. The second-order valence-corrected chi connectivity index (χ2v) is 5.56. The normalized spacial score (nSPS) is 12.6. The van der Waals surface area contributed by atoms with Crippen LogP contribution in [0.5, 0.6) is 0 Å². The Hall–Kier alpha value is -0.560. The van der Waals surface area contributed by atoms with Crippen molar-refractivity contribution >= 4 is 13.5 Å². The highest BCUT2D eigenvalue weighted by Gasteiger charge is 2.53. The van der Waals surface area contributed by atoms with Gasteiger partial charge >= 0.3 is 13.3 Å². The first-order valence-corrected chi connectivity index (χ1v) is 6.98. The van der Waals surface area contributed by atoms with Crippen LogP contribution in [0.15, 0.2) is 0 Å². The molecule has 0 aromatic rings. The van der Waals surface area contributed by atoms with Crippen LogP contribution in [-0.4, -0.2) is 41.6 Å². The van der Waals surface area contributed by atoms with Crippen molar-refractivity contribution in [2.24, 2.45) is 0 Å². The summed E-state index contributed by atoms with van der Waals surface area (Å²) in [6, 6.07) is 0. The molecule has 0 saturated carbocycles. The fraction of sp³-hybridized carbons (Fsp3) is 0.889. The molecule has 18 heavy (non-hydrogen) atoms. The van der Waals surface area contributed by atoms with Crippen LogP contribution in [0.4, 0.5) is 8.78 Å². The predicted molar refractivity (Wildman–Crippen MR) is 59.6 cm³/mol. The molecule has 0 rings (SSSR count). The number of rotatable bonds is 8. The van der Waals surface area contributed by atoms with Gasteiger partial charge in [-0.05, 0) is 13.8 Å². The molecule has 0 fully saturated rings. The molecule has 108 valence electrons. The number of alkyl halides is 2. The molecule has 1 amide bonds. The molecule has 0 aromatic heterocycles. The minimum Gasteiger partial charge on any atom is -0.305 e. The van der Waals surface area contributed by atoms with Crippen molar-refractivity contribution < 1.29 is 32.4 Å². The van der Waals surface area contributed by atoms with E-state index >= 15 is 0 Å². The van der Waals surface area contributed by atoms with Gasteiger partial charge in [-0.25, -0.2) is 5.06 Å². The Kier molecular flexibility index (Phi) is 6.91. The second-order valence-electron chi connectivity index (χ2n) is 3.39. The lowest BCUT2D eigenvalue weighted by Gasteiger charge is -2.26. The summed E-state index contributed by atoms with van der Waals surface area (Å²) in [5.74, 6) is -0.784. The van der Waals surface area contributed by atoms with Gasteiger partial charge in [0.25, 0.3) is 0 Å². The van der Waals surface area contributed by atoms with Crippen molar-refractivity contribution in [3.8, 4) is 0 Å². The Balaban J connectivity index is 4.74. The molecule has 0 aromatic carbocycles. The summed E-state index contributed by atoms with van der Waals surface area (Å²) in [5.41, 5.74) is -3.77. The molecular formula is C9H18F2NO5P. The number of hydrogen-bond donors (Lipinski definition) is 1. The zero-order valence-electron chi connectivity index (χ0n) is 10.6. The molecular weight excluding hydrogens is 271 g/mol. The maximum absolute atomic E-state index is 13.7. The van der Waals surface area contributed by atoms with Crippen LogP contribution in [0.2, 0.25) is 0 Å². The molecule has 0 bridgehead atoms. The molecule has 0 spiro atoms. The maximum Gasteiger partial charge on any atom is 0.399 e. The number of hydroxylamine groups is 2. The van der Waals surface area contributed by atoms with Gasteiger partial charge in [0.15, 0.2) is 0 Å². The summed E-state index contributed by atoms with van der Waals surface area (Å²) >= 11 is 0. The van der Waals surface area contributed by atoms with Crippen molar-refractivity contribution in [2.45, 2.75) is 32.9 Å². The third-order valence-electron chi connectivity index (χ3n) is 1.99. The Morgan fingerprint density at radius 1 is 1.33 bits per heavy atom. The van der Waals surface area contributed by atoms with Gasteiger partial charge < -0.3 is 9.05 Å². The minimum absolute atomic E-state index is 0.121. The van der Waals surface area contributed by atoms with Crippen molar-refractivity contribution in [3.05, 3.63) is 0 Å². The standard InChI is InChI=1S/C9H18F2NO5P/c1-4-16-18(15,17-5-2)9(10,11)6-7-12(14)8(3)13/h14H,4-7H2,1-3H3. The summed E-state index contributed by atoms with van der Waals surface area (Å²) in [4.78, 5) is 10.7. The van der Waals surface area contributed by atoms with Gasteiger partial charge in [0, 0.05) is 13.3 Å².